The van der Waals surface area contributed by atoms with Crippen LogP contribution in [0, 0.1) is 0 Å². The smallest absolute Gasteiger partial charge is 0.254 e. The predicted octanol–water partition coefficient (Wildman–Crippen LogP) is 3.71. The molecule has 20 heavy (non-hydrogen) atoms. The van der Waals surface area contributed by atoms with Crippen LogP contribution in [0.2, 0.25) is 5.02 Å². The van der Waals surface area contributed by atoms with Gasteiger partial charge in [-0.3, -0.25) is 4.79 Å². The number of nitrogens with zero attached hydrogens (tertiary/aromatic N) is 1. The maximum Gasteiger partial charge on any atom is 0.254 e. The molecule has 1 amide bonds. The zero-order valence-corrected chi connectivity index (χ0v) is 14.2. The number of hydrogen-bond acceptors (Lipinski definition) is 2. The van der Waals surface area contributed by atoms with Crippen LogP contribution in [0.3, 0.4) is 0 Å². The molecule has 1 saturated heterocycles. The van der Waals surface area contributed by atoms with E-state index in [-0.39, 0.29) is 11.9 Å². The van der Waals surface area contributed by atoms with Gasteiger partial charge in [0.15, 0.2) is 0 Å². The fraction of sp³-hybridized carbons (Fsp3) is 0.533. The molecule has 0 bridgehead atoms. The van der Waals surface area contributed by atoms with E-state index in [1.807, 2.05) is 4.90 Å². The molecule has 1 fully saturated rings. The molecule has 0 saturated carbocycles. The van der Waals surface area contributed by atoms with Crippen LogP contribution in [0.15, 0.2) is 22.7 Å². The van der Waals surface area contributed by atoms with E-state index < -0.39 is 0 Å². The minimum atomic E-state index is 0.0612. The van der Waals surface area contributed by atoms with Crippen molar-refractivity contribution in [1.82, 2.24) is 10.2 Å². The Morgan fingerprint density at radius 2 is 2.30 bits per heavy atom. The Kier molecular flexibility index (Phi) is 5.47. The summed E-state index contributed by atoms with van der Waals surface area (Å²) in [5, 5.41) is 4.06. The normalized spacial score (nSPS) is 18.6. The number of benzene rings is 1. The third-order valence-electron chi connectivity index (χ3n) is 3.63. The Labute approximate surface area is 133 Å². The summed E-state index contributed by atoms with van der Waals surface area (Å²) in [6, 6.07) is 5.93. The summed E-state index contributed by atoms with van der Waals surface area (Å²) in [7, 11) is 0. The van der Waals surface area contributed by atoms with Crippen molar-refractivity contribution in [3.05, 3.63) is 33.3 Å². The Balaban J connectivity index is 2.15. The quantitative estimate of drug-likeness (QED) is 0.889. The number of carbonyl (C=O) groups is 1. The number of rotatable bonds is 4. The first-order valence-corrected chi connectivity index (χ1v) is 8.15. The molecule has 0 radical (unpaired) electrons. The predicted molar refractivity (Wildman–Crippen MR) is 86.3 cm³/mol. The standard InChI is InChI=1S/C15H20BrClN2O/c1-10(2)19(9-12-4-3-7-18-12)15(20)11-5-6-14(17)13(16)8-11/h5-6,8,10,12,18H,3-4,7,9H2,1-2H3. The fourth-order valence-corrected chi connectivity index (χ4v) is 2.97. The van der Waals surface area contributed by atoms with Gasteiger partial charge in [0.2, 0.25) is 0 Å². The molecule has 1 aliphatic rings. The first-order valence-electron chi connectivity index (χ1n) is 6.98. The van der Waals surface area contributed by atoms with E-state index in [2.05, 4.69) is 35.1 Å². The summed E-state index contributed by atoms with van der Waals surface area (Å²) in [5.74, 6) is 0.0612. The summed E-state index contributed by atoms with van der Waals surface area (Å²) in [6.45, 7) is 5.92. The maximum atomic E-state index is 12.7. The van der Waals surface area contributed by atoms with Crippen LogP contribution < -0.4 is 5.32 Å². The van der Waals surface area contributed by atoms with Gasteiger partial charge in [-0.05, 0) is 67.4 Å². The highest BCUT2D eigenvalue weighted by atomic mass is 79.9. The third kappa shape index (κ3) is 3.74. The molecule has 2 rings (SSSR count). The van der Waals surface area contributed by atoms with Crippen LogP contribution in [0.25, 0.3) is 0 Å². The lowest BCUT2D eigenvalue weighted by Crippen LogP contribution is -2.44. The van der Waals surface area contributed by atoms with Crippen molar-refractivity contribution < 1.29 is 4.79 Å². The van der Waals surface area contributed by atoms with Gasteiger partial charge in [0.25, 0.3) is 5.91 Å². The van der Waals surface area contributed by atoms with Gasteiger partial charge >= 0.3 is 0 Å². The van der Waals surface area contributed by atoms with E-state index >= 15 is 0 Å². The highest BCUT2D eigenvalue weighted by Gasteiger charge is 2.24. The number of amides is 1. The van der Waals surface area contributed by atoms with Gasteiger partial charge in [-0.2, -0.15) is 0 Å². The minimum absolute atomic E-state index is 0.0612. The van der Waals surface area contributed by atoms with Crippen LogP contribution in [0.4, 0.5) is 0 Å². The molecule has 3 nitrogen and oxygen atoms in total. The van der Waals surface area contributed by atoms with Crippen LogP contribution in [0.5, 0.6) is 0 Å². The van der Waals surface area contributed by atoms with E-state index in [1.165, 1.54) is 6.42 Å². The molecule has 1 unspecified atom stereocenters. The summed E-state index contributed by atoms with van der Waals surface area (Å²) in [6.07, 6.45) is 2.33. The van der Waals surface area contributed by atoms with Crippen molar-refractivity contribution >= 4 is 33.4 Å². The fourth-order valence-electron chi connectivity index (χ4n) is 2.47. The van der Waals surface area contributed by atoms with Crippen molar-refractivity contribution in [2.24, 2.45) is 0 Å². The average molecular weight is 360 g/mol. The summed E-state index contributed by atoms with van der Waals surface area (Å²) in [5.41, 5.74) is 0.674. The number of halogens is 2. The average Bonchev–Trinajstić information content (AvgIpc) is 2.91. The van der Waals surface area contributed by atoms with Crippen molar-refractivity contribution in [3.63, 3.8) is 0 Å². The molecule has 1 atom stereocenters. The first-order chi connectivity index (χ1) is 9.49. The summed E-state index contributed by atoms with van der Waals surface area (Å²) >= 11 is 9.36. The molecule has 1 aromatic carbocycles. The zero-order chi connectivity index (χ0) is 14.7. The molecular formula is C15H20BrClN2O. The third-order valence-corrected chi connectivity index (χ3v) is 4.84. The largest absolute Gasteiger partial charge is 0.335 e. The first kappa shape index (κ1) is 15.8. The van der Waals surface area contributed by atoms with E-state index in [9.17, 15) is 4.79 Å². The van der Waals surface area contributed by atoms with Gasteiger partial charge in [0.1, 0.15) is 0 Å². The van der Waals surface area contributed by atoms with E-state index in [0.29, 0.717) is 16.6 Å². The molecule has 5 heteroatoms. The maximum absolute atomic E-state index is 12.7. The molecular weight excluding hydrogens is 340 g/mol. The molecule has 1 N–H and O–H groups in total. The second kappa shape index (κ2) is 6.92. The van der Waals surface area contributed by atoms with Crippen LogP contribution in [-0.2, 0) is 0 Å². The Hall–Kier alpha value is -0.580. The molecule has 1 heterocycles. The Morgan fingerprint density at radius 3 is 2.85 bits per heavy atom. The topological polar surface area (TPSA) is 32.3 Å². The van der Waals surface area contributed by atoms with E-state index in [4.69, 9.17) is 11.6 Å². The minimum Gasteiger partial charge on any atom is -0.335 e. The number of hydrogen-bond donors (Lipinski definition) is 1. The molecule has 110 valence electrons. The number of carbonyl (C=O) groups excluding carboxylic acids is 1. The van der Waals surface area contributed by atoms with Crippen molar-refractivity contribution in [3.8, 4) is 0 Å². The lowest BCUT2D eigenvalue weighted by atomic mass is 10.1. The van der Waals surface area contributed by atoms with Crippen molar-refractivity contribution in [2.45, 2.75) is 38.8 Å². The van der Waals surface area contributed by atoms with Gasteiger partial charge in [0.05, 0.1) is 5.02 Å². The van der Waals surface area contributed by atoms with Crippen LogP contribution in [-0.4, -0.2) is 36.0 Å². The van der Waals surface area contributed by atoms with Crippen LogP contribution >= 0.6 is 27.5 Å². The molecule has 0 aliphatic carbocycles. The van der Waals surface area contributed by atoms with Gasteiger partial charge in [0, 0.05) is 28.7 Å². The Morgan fingerprint density at radius 1 is 1.55 bits per heavy atom. The highest BCUT2D eigenvalue weighted by Crippen LogP contribution is 2.24. The summed E-state index contributed by atoms with van der Waals surface area (Å²) < 4.78 is 0.757. The molecule has 0 aromatic heterocycles. The van der Waals surface area contributed by atoms with Gasteiger partial charge in [-0.15, -0.1) is 0 Å². The van der Waals surface area contributed by atoms with E-state index in [0.717, 1.165) is 24.0 Å². The number of nitrogens with one attached hydrogen (secondary N) is 1. The van der Waals surface area contributed by atoms with Gasteiger partial charge in [-0.1, -0.05) is 11.6 Å². The SMILES string of the molecule is CC(C)N(CC1CCCN1)C(=O)c1ccc(Cl)c(Br)c1. The Bertz CT molecular complexity index is 487. The molecule has 1 aromatic rings. The van der Waals surface area contributed by atoms with Gasteiger partial charge < -0.3 is 10.2 Å². The zero-order valence-electron chi connectivity index (χ0n) is 11.8. The second-order valence-electron chi connectivity index (χ2n) is 5.47. The highest BCUT2D eigenvalue weighted by molar-refractivity contribution is 9.10. The van der Waals surface area contributed by atoms with Gasteiger partial charge in [-0.25, -0.2) is 0 Å². The monoisotopic (exact) mass is 358 g/mol. The van der Waals surface area contributed by atoms with Crippen molar-refractivity contribution in [1.29, 1.82) is 0 Å². The lowest BCUT2D eigenvalue weighted by molar-refractivity contribution is 0.0689. The summed E-state index contributed by atoms with van der Waals surface area (Å²) in [4.78, 5) is 14.6. The molecule has 0 spiro atoms. The van der Waals surface area contributed by atoms with Crippen molar-refractivity contribution in [2.75, 3.05) is 13.1 Å². The molecule has 1 aliphatic heterocycles. The second-order valence-corrected chi connectivity index (χ2v) is 6.73. The lowest BCUT2D eigenvalue weighted by Gasteiger charge is -2.29. The van der Waals surface area contributed by atoms with E-state index in [1.54, 1.807) is 18.2 Å². The van der Waals surface area contributed by atoms with Crippen LogP contribution in [0.1, 0.15) is 37.0 Å².